The zero-order valence-electron chi connectivity index (χ0n) is 11.3. The molecule has 0 saturated carbocycles. The van der Waals surface area contributed by atoms with Crippen LogP contribution in [0.25, 0.3) is 16.6 Å². The van der Waals surface area contributed by atoms with Crippen LogP contribution in [0.3, 0.4) is 0 Å². The molecule has 0 spiro atoms. The van der Waals surface area contributed by atoms with Gasteiger partial charge in [0.1, 0.15) is 5.82 Å². The van der Waals surface area contributed by atoms with Crippen LogP contribution in [-0.2, 0) is 0 Å². The maximum atomic E-state index is 12.8. The second-order valence-electron chi connectivity index (χ2n) is 4.72. The van der Waals surface area contributed by atoms with E-state index in [0.29, 0.717) is 16.7 Å². The van der Waals surface area contributed by atoms with E-state index in [2.05, 4.69) is 20.9 Å². The van der Waals surface area contributed by atoms with Gasteiger partial charge in [-0.05, 0) is 37.3 Å². The van der Waals surface area contributed by atoms with Crippen LogP contribution in [0, 0.1) is 0 Å². The molecule has 5 heteroatoms. The lowest BCUT2D eigenvalue weighted by atomic mass is 10.2. The van der Waals surface area contributed by atoms with Gasteiger partial charge in [0.25, 0.3) is 5.56 Å². The fraction of sp³-hybridized carbons (Fsp3) is 0.125. The molecule has 21 heavy (non-hydrogen) atoms. The molecular weight excluding hydrogens is 352 g/mol. The number of alkyl halides is 1. The van der Waals surface area contributed by atoms with Crippen LogP contribution in [0.15, 0.2) is 57.8 Å². The molecule has 0 aliphatic heterocycles. The summed E-state index contributed by atoms with van der Waals surface area (Å²) in [6.45, 7) is 1.81. The summed E-state index contributed by atoms with van der Waals surface area (Å²) in [6.07, 6.45) is 0. The third-order valence-corrected chi connectivity index (χ3v) is 3.91. The van der Waals surface area contributed by atoms with Crippen LogP contribution >= 0.6 is 27.5 Å². The van der Waals surface area contributed by atoms with Gasteiger partial charge in [-0.25, -0.2) is 4.98 Å². The molecular formula is C16H12BrClN2O. The Morgan fingerprint density at radius 1 is 1.19 bits per heavy atom. The van der Waals surface area contributed by atoms with E-state index in [1.165, 1.54) is 0 Å². The average Bonchev–Trinajstić information content (AvgIpc) is 2.47. The van der Waals surface area contributed by atoms with Gasteiger partial charge in [0.05, 0.1) is 22.0 Å². The largest absolute Gasteiger partial charge is 0.268 e. The van der Waals surface area contributed by atoms with Gasteiger partial charge in [-0.1, -0.05) is 34.1 Å². The van der Waals surface area contributed by atoms with Gasteiger partial charge >= 0.3 is 0 Å². The van der Waals surface area contributed by atoms with E-state index in [1.807, 2.05) is 49.4 Å². The van der Waals surface area contributed by atoms with Crippen LogP contribution < -0.4 is 5.56 Å². The van der Waals surface area contributed by atoms with Crippen molar-refractivity contribution in [3.8, 4) is 5.69 Å². The van der Waals surface area contributed by atoms with E-state index in [9.17, 15) is 4.79 Å². The lowest BCUT2D eigenvalue weighted by Gasteiger charge is -2.15. The van der Waals surface area contributed by atoms with Crippen LogP contribution in [-0.4, -0.2) is 9.55 Å². The first-order chi connectivity index (χ1) is 10.1. The Kier molecular flexibility index (Phi) is 3.83. The first-order valence-electron chi connectivity index (χ1n) is 6.49. The zero-order chi connectivity index (χ0) is 15.0. The summed E-state index contributed by atoms with van der Waals surface area (Å²) in [5, 5.41) is 0.208. The Morgan fingerprint density at radius 3 is 2.67 bits per heavy atom. The molecule has 106 valence electrons. The fourth-order valence-corrected chi connectivity index (χ4v) is 2.82. The van der Waals surface area contributed by atoms with Gasteiger partial charge in [0.2, 0.25) is 0 Å². The van der Waals surface area contributed by atoms with Gasteiger partial charge in [-0.3, -0.25) is 9.36 Å². The average molecular weight is 364 g/mol. The summed E-state index contributed by atoms with van der Waals surface area (Å²) < 4.78 is 2.47. The maximum Gasteiger partial charge on any atom is 0.266 e. The number of halogens is 2. The topological polar surface area (TPSA) is 34.9 Å². The molecule has 0 bridgehead atoms. The third kappa shape index (κ3) is 2.61. The predicted octanol–water partition coefficient (Wildman–Crippen LogP) is 4.45. The smallest absolute Gasteiger partial charge is 0.266 e. The molecule has 0 N–H and O–H groups in total. The van der Waals surface area contributed by atoms with Gasteiger partial charge in [-0.15, -0.1) is 11.6 Å². The second-order valence-corrected chi connectivity index (χ2v) is 6.29. The Hall–Kier alpha value is -1.65. The van der Waals surface area contributed by atoms with E-state index < -0.39 is 0 Å². The van der Waals surface area contributed by atoms with Crippen molar-refractivity contribution in [3.63, 3.8) is 0 Å². The highest BCUT2D eigenvalue weighted by Gasteiger charge is 2.16. The van der Waals surface area contributed by atoms with E-state index in [0.717, 1.165) is 10.2 Å². The minimum absolute atomic E-state index is 0.110. The molecule has 3 aromatic rings. The molecule has 1 heterocycles. The van der Waals surface area contributed by atoms with Crippen molar-refractivity contribution in [1.82, 2.24) is 9.55 Å². The number of para-hydroxylation sites is 1. The van der Waals surface area contributed by atoms with E-state index in [1.54, 1.807) is 10.6 Å². The lowest BCUT2D eigenvalue weighted by Crippen LogP contribution is -2.24. The Labute approximate surface area is 135 Å². The van der Waals surface area contributed by atoms with E-state index in [4.69, 9.17) is 11.6 Å². The van der Waals surface area contributed by atoms with E-state index >= 15 is 0 Å². The van der Waals surface area contributed by atoms with Crippen molar-refractivity contribution >= 4 is 38.4 Å². The van der Waals surface area contributed by atoms with Crippen LogP contribution in [0.5, 0.6) is 0 Å². The van der Waals surface area contributed by atoms with Crippen molar-refractivity contribution in [2.24, 2.45) is 0 Å². The molecule has 0 saturated heterocycles. The zero-order valence-corrected chi connectivity index (χ0v) is 13.6. The number of rotatable bonds is 2. The predicted molar refractivity (Wildman–Crippen MR) is 89.3 cm³/mol. The summed E-state index contributed by atoms with van der Waals surface area (Å²) in [5.41, 5.74) is 1.30. The molecule has 0 radical (unpaired) electrons. The molecule has 2 aromatic carbocycles. The quantitative estimate of drug-likeness (QED) is 0.631. The maximum absolute atomic E-state index is 12.8. The van der Waals surface area contributed by atoms with Crippen LogP contribution in [0.4, 0.5) is 0 Å². The number of aromatic nitrogens is 2. The SMILES string of the molecule is CC(Cl)c1nc2ccccc2c(=O)n1-c1cccc(Br)c1. The number of hydrogen-bond donors (Lipinski definition) is 0. The molecule has 0 aliphatic rings. The monoisotopic (exact) mass is 362 g/mol. The van der Waals surface area contributed by atoms with E-state index in [-0.39, 0.29) is 10.9 Å². The van der Waals surface area contributed by atoms with Gasteiger partial charge in [0.15, 0.2) is 0 Å². The Morgan fingerprint density at radius 2 is 1.95 bits per heavy atom. The molecule has 1 aromatic heterocycles. The van der Waals surface area contributed by atoms with Crippen molar-refractivity contribution in [2.75, 3.05) is 0 Å². The van der Waals surface area contributed by atoms with Crippen LogP contribution in [0.1, 0.15) is 18.1 Å². The first-order valence-corrected chi connectivity index (χ1v) is 7.72. The molecule has 1 unspecified atom stereocenters. The number of hydrogen-bond acceptors (Lipinski definition) is 2. The second kappa shape index (κ2) is 5.62. The Balaban J connectivity index is 2.42. The van der Waals surface area contributed by atoms with Crippen molar-refractivity contribution in [3.05, 3.63) is 69.2 Å². The highest BCUT2D eigenvalue weighted by atomic mass is 79.9. The minimum Gasteiger partial charge on any atom is -0.268 e. The molecule has 1 atom stereocenters. The number of fused-ring (bicyclic) bond motifs is 1. The normalized spacial score (nSPS) is 12.5. The summed E-state index contributed by atoms with van der Waals surface area (Å²) in [6, 6.07) is 14.8. The molecule has 0 fully saturated rings. The van der Waals surface area contributed by atoms with Gasteiger partial charge in [0, 0.05) is 4.47 Å². The highest BCUT2D eigenvalue weighted by Crippen LogP contribution is 2.23. The molecule has 0 aliphatic carbocycles. The van der Waals surface area contributed by atoms with Crippen molar-refractivity contribution < 1.29 is 0 Å². The molecule has 3 nitrogen and oxygen atoms in total. The standard InChI is InChI=1S/C16H12BrClN2O/c1-10(18)15-19-14-8-3-2-7-13(14)16(21)20(15)12-6-4-5-11(17)9-12/h2-10H,1H3. The fourth-order valence-electron chi connectivity index (χ4n) is 2.28. The number of nitrogens with zero attached hydrogens (tertiary/aromatic N) is 2. The van der Waals surface area contributed by atoms with Crippen LogP contribution in [0.2, 0.25) is 0 Å². The highest BCUT2D eigenvalue weighted by molar-refractivity contribution is 9.10. The minimum atomic E-state index is -0.374. The summed E-state index contributed by atoms with van der Waals surface area (Å²) >= 11 is 9.66. The summed E-state index contributed by atoms with van der Waals surface area (Å²) in [7, 11) is 0. The summed E-state index contributed by atoms with van der Waals surface area (Å²) in [5.74, 6) is 0.540. The molecule has 3 rings (SSSR count). The van der Waals surface area contributed by atoms with Crippen molar-refractivity contribution in [2.45, 2.75) is 12.3 Å². The third-order valence-electron chi connectivity index (χ3n) is 3.22. The first kappa shape index (κ1) is 14.3. The number of benzene rings is 2. The van der Waals surface area contributed by atoms with Crippen molar-refractivity contribution in [1.29, 1.82) is 0 Å². The summed E-state index contributed by atoms with van der Waals surface area (Å²) in [4.78, 5) is 17.4. The lowest BCUT2D eigenvalue weighted by molar-refractivity contribution is 0.815. The molecule has 0 amide bonds. The Bertz CT molecular complexity index is 874. The van der Waals surface area contributed by atoms with Gasteiger partial charge < -0.3 is 0 Å². The van der Waals surface area contributed by atoms with Gasteiger partial charge in [-0.2, -0.15) is 0 Å².